The van der Waals surface area contributed by atoms with Crippen LogP contribution in [0.3, 0.4) is 0 Å². The van der Waals surface area contributed by atoms with Gasteiger partial charge in [0.15, 0.2) is 0 Å². The lowest BCUT2D eigenvalue weighted by Gasteiger charge is -2.41. The van der Waals surface area contributed by atoms with Gasteiger partial charge < -0.3 is 15.7 Å². The Morgan fingerprint density at radius 2 is 1.62 bits per heavy atom. The number of carbonyl (C=O) groups excluding carboxylic acids is 2. The number of anilines is 1. The van der Waals surface area contributed by atoms with E-state index in [4.69, 9.17) is 0 Å². The van der Waals surface area contributed by atoms with Crippen LogP contribution in [0, 0.1) is 37.5 Å². The molecular formula is C22H28N2O4S. The maximum Gasteiger partial charge on any atom is 0.307 e. The lowest BCUT2D eigenvalue weighted by Crippen LogP contribution is -2.47. The van der Waals surface area contributed by atoms with Gasteiger partial charge in [0.25, 0.3) is 5.91 Å². The number of thiophene rings is 1. The van der Waals surface area contributed by atoms with Gasteiger partial charge >= 0.3 is 5.97 Å². The standard InChI is InChI=1S/C22H28N2O4S/c1-11-12(2)29-21(16(11)19(25)23-15-5-3-4-6-15)24-20(26)17-13-7-9-14(10-8-13)18(17)22(27)28/h7,9,13-15,17-18H,3-6,8,10H2,1-2H3,(H,23,25)(H,24,26)(H,27,28)/t13-,14-,17+,18-/m0/s1. The molecule has 3 N–H and O–H groups in total. The van der Waals surface area contributed by atoms with E-state index in [0.29, 0.717) is 10.6 Å². The summed E-state index contributed by atoms with van der Waals surface area (Å²) in [4.78, 5) is 39.0. The number of aliphatic carboxylic acids is 1. The predicted octanol–water partition coefficient (Wildman–Crippen LogP) is 3.89. The van der Waals surface area contributed by atoms with E-state index in [1.165, 1.54) is 11.3 Å². The molecule has 0 aromatic carbocycles. The molecule has 2 bridgehead atoms. The molecule has 1 aromatic rings. The molecular weight excluding hydrogens is 388 g/mol. The van der Waals surface area contributed by atoms with Gasteiger partial charge in [-0.25, -0.2) is 0 Å². The van der Waals surface area contributed by atoms with Crippen LogP contribution in [-0.2, 0) is 9.59 Å². The van der Waals surface area contributed by atoms with E-state index in [1.54, 1.807) is 0 Å². The van der Waals surface area contributed by atoms with Crippen LogP contribution in [0.25, 0.3) is 0 Å². The molecule has 1 heterocycles. The van der Waals surface area contributed by atoms with Crippen molar-refractivity contribution in [2.45, 2.75) is 58.4 Å². The molecule has 29 heavy (non-hydrogen) atoms. The number of nitrogens with one attached hydrogen (secondary N) is 2. The van der Waals surface area contributed by atoms with Crippen molar-refractivity contribution in [3.8, 4) is 0 Å². The zero-order chi connectivity index (χ0) is 20.7. The molecule has 2 amide bonds. The Hall–Kier alpha value is -2.15. The molecule has 2 fully saturated rings. The minimum absolute atomic E-state index is 0.0565. The van der Waals surface area contributed by atoms with Crippen molar-refractivity contribution >= 4 is 34.1 Å². The number of aryl methyl sites for hydroxylation is 1. The highest BCUT2D eigenvalue weighted by Gasteiger charge is 2.48. The Bertz CT molecular complexity index is 868. The topological polar surface area (TPSA) is 95.5 Å². The van der Waals surface area contributed by atoms with E-state index in [2.05, 4.69) is 10.6 Å². The first-order chi connectivity index (χ1) is 13.9. The van der Waals surface area contributed by atoms with Crippen molar-refractivity contribution in [1.29, 1.82) is 0 Å². The SMILES string of the molecule is Cc1sc(NC(=O)[C@H]2[C@@H](C(=O)O)[C@H]3C=C[C@H]2CC3)c(C(=O)NC2CCCC2)c1C. The number of fused-ring (bicyclic) bond motifs is 2. The normalized spacial score (nSPS) is 28.5. The van der Waals surface area contributed by atoms with Crippen LogP contribution < -0.4 is 10.6 Å². The third-order valence-electron chi connectivity index (χ3n) is 6.88. The van der Waals surface area contributed by atoms with Gasteiger partial charge in [-0.2, -0.15) is 0 Å². The number of rotatable bonds is 5. The summed E-state index contributed by atoms with van der Waals surface area (Å²) in [7, 11) is 0. The molecule has 0 saturated heterocycles. The van der Waals surface area contributed by atoms with Crippen LogP contribution in [0.15, 0.2) is 12.2 Å². The Balaban J connectivity index is 1.57. The van der Waals surface area contributed by atoms with Gasteiger partial charge in [0, 0.05) is 10.9 Å². The summed E-state index contributed by atoms with van der Waals surface area (Å²) in [6.07, 6.45) is 9.84. The van der Waals surface area contributed by atoms with Crippen LogP contribution in [-0.4, -0.2) is 28.9 Å². The van der Waals surface area contributed by atoms with E-state index >= 15 is 0 Å². The number of carbonyl (C=O) groups is 3. The second-order valence-corrected chi connectivity index (χ2v) is 9.84. The lowest BCUT2D eigenvalue weighted by atomic mass is 9.62. The Labute approximate surface area is 174 Å². The van der Waals surface area contributed by atoms with Gasteiger partial charge in [-0.3, -0.25) is 14.4 Å². The van der Waals surface area contributed by atoms with Crippen molar-refractivity contribution in [2.75, 3.05) is 5.32 Å². The lowest BCUT2D eigenvalue weighted by molar-refractivity contribution is -0.151. The average Bonchev–Trinajstić information content (AvgIpc) is 3.29. The molecule has 4 atom stereocenters. The highest BCUT2D eigenvalue weighted by Crippen LogP contribution is 2.46. The van der Waals surface area contributed by atoms with Gasteiger partial charge in [0.05, 0.1) is 17.4 Å². The molecule has 4 aliphatic rings. The van der Waals surface area contributed by atoms with E-state index in [0.717, 1.165) is 49.0 Å². The molecule has 6 nitrogen and oxygen atoms in total. The zero-order valence-electron chi connectivity index (χ0n) is 16.9. The van der Waals surface area contributed by atoms with Gasteiger partial charge in [0.1, 0.15) is 5.00 Å². The molecule has 2 saturated carbocycles. The average molecular weight is 417 g/mol. The minimum Gasteiger partial charge on any atom is -0.481 e. The molecule has 0 unspecified atom stereocenters. The van der Waals surface area contributed by atoms with Crippen LogP contribution in [0.5, 0.6) is 0 Å². The summed E-state index contributed by atoms with van der Waals surface area (Å²) in [5.74, 6) is -2.78. The van der Waals surface area contributed by atoms with Crippen molar-refractivity contribution in [3.63, 3.8) is 0 Å². The fourth-order valence-corrected chi connectivity index (χ4v) is 6.26. The van der Waals surface area contributed by atoms with E-state index in [-0.39, 0.29) is 29.7 Å². The highest BCUT2D eigenvalue weighted by atomic mass is 32.1. The largest absolute Gasteiger partial charge is 0.481 e. The number of hydrogen-bond donors (Lipinski definition) is 3. The molecule has 0 aliphatic heterocycles. The summed E-state index contributed by atoms with van der Waals surface area (Å²) >= 11 is 1.39. The van der Waals surface area contributed by atoms with Crippen molar-refractivity contribution in [3.05, 3.63) is 28.2 Å². The van der Waals surface area contributed by atoms with Gasteiger partial charge in [-0.1, -0.05) is 25.0 Å². The fourth-order valence-electron chi connectivity index (χ4n) is 5.20. The summed E-state index contributed by atoms with van der Waals surface area (Å²) in [5.41, 5.74) is 1.40. The van der Waals surface area contributed by atoms with Gasteiger partial charge in [-0.15, -0.1) is 11.3 Å². The molecule has 4 aliphatic carbocycles. The first-order valence-electron chi connectivity index (χ1n) is 10.5. The summed E-state index contributed by atoms with van der Waals surface area (Å²) < 4.78 is 0. The van der Waals surface area contributed by atoms with E-state index in [9.17, 15) is 19.5 Å². The molecule has 0 spiro atoms. The maximum absolute atomic E-state index is 13.2. The maximum atomic E-state index is 13.2. The smallest absolute Gasteiger partial charge is 0.307 e. The monoisotopic (exact) mass is 416 g/mol. The number of amides is 2. The number of allylic oxidation sites excluding steroid dienone is 2. The quantitative estimate of drug-likeness (QED) is 0.635. The number of carboxylic acid groups (broad SMARTS) is 1. The second kappa shape index (κ2) is 7.94. The van der Waals surface area contributed by atoms with Crippen molar-refractivity contribution in [1.82, 2.24) is 5.32 Å². The Kier molecular flexibility index (Phi) is 5.51. The first kappa shape index (κ1) is 20.1. The van der Waals surface area contributed by atoms with Crippen LogP contribution in [0.4, 0.5) is 5.00 Å². The van der Waals surface area contributed by atoms with Crippen LogP contribution in [0.2, 0.25) is 0 Å². The first-order valence-corrected chi connectivity index (χ1v) is 11.3. The van der Waals surface area contributed by atoms with Gasteiger partial charge in [-0.05, 0) is 56.9 Å². The van der Waals surface area contributed by atoms with E-state index < -0.39 is 17.8 Å². The third kappa shape index (κ3) is 3.72. The molecule has 1 aromatic heterocycles. The minimum atomic E-state index is -0.915. The summed E-state index contributed by atoms with van der Waals surface area (Å²) in [6, 6.07) is 0.196. The second-order valence-electron chi connectivity index (χ2n) is 8.61. The van der Waals surface area contributed by atoms with Crippen molar-refractivity contribution < 1.29 is 19.5 Å². The Morgan fingerprint density at radius 3 is 2.21 bits per heavy atom. The number of carboxylic acids is 1. The van der Waals surface area contributed by atoms with E-state index in [1.807, 2.05) is 26.0 Å². The van der Waals surface area contributed by atoms with Crippen LogP contribution >= 0.6 is 11.3 Å². The molecule has 5 rings (SSSR count). The summed E-state index contributed by atoms with van der Waals surface area (Å²) in [6.45, 7) is 3.84. The Morgan fingerprint density at radius 1 is 1.00 bits per heavy atom. The van der Waals surface area contributed by atoms with Gasteiger partial charge in [0.2, 0.25) is 5.91 Å². The molecule has 7 heteroatoms. The fraction of sp³-hybridized carbons (Fsp3) is 0.591. The highest BCUT2D eigenvalue weighted by molar-refractivity contribution is 7.16. The zero-order valence-corrected chi connectivity index (χ0v) is 17.7. The number of hydrogen-bond acceptors (Lipinski definition) is 4. The third-order valence-corrected chi connectivity index (χ3v) is 8.00. The predicted molar refractivity (Wildman–Crippen MR) is 112 cm³/mol. The summed E-state index contributed by atoms with van der Waals surface area (Å²) in [5, 5.41) is 16.3. The molecule has 156 valence electrons. The van der Waals surface area contributed by atoms with Crippen LogP contribution in [0.1, 0.15) is 59.3 Å². The molecule has 0 radical (unpaired) electrons. The van der Waals surface area contributed by atoms with Crippen molar-refractivity contribution in [2.24, 2.45) is 23.7 Å².